The number of hydrogen-bond acceptors (Lipinski definition) is 4. The predicted molar refractivity (Wildman–Crippen MR) is 165 cm³/mol. The van der Waals surface area contributed by atoms with Crippen molar-refractivity contribution < 1.29 is 24.2 Å². The minimum Gasteiger partial charge on any atom is -0.488 e. The summed E-state index contributed by atoms with van der Waals surface area (Å²) in [6, 6.07) is 25.9. The molecule has 0 fully saturated rings. The van der Waals surface area contributed by atoms with Crippen LogP contribution in [0.2, 0.25) is 0 Å². The lowest BCUT2D eigenvalue weighted by Crippen LogP contribution is -2.45. The van der Waals surface area contributed by atoms with Gasteiger partial charge < -0.3 is 14.6 Å². The van der Waals surface area contributed by atoms with Crippen LogP contribution in [-0.4, -0.2) is 40.3 Å². The molecular weight excluding hydrogens is 526 g/mol. The topological polar surface area (TPSA) is 76.1 Å². The smallest absolute Gasteiger partial charge is 0.410 e. The number of nitrogens with zero attached hydrogens (tertiary/aromatic N) is 1. The number of aryl methyl sites for hydroxylation is 1. The molecule has 0 radical (unpaired) electrons. The second kappa shape index (κ2) is 11.5. The molecule has 5 rings (SSSR count). The highest BCUT2D eigenvalue weighted by Gasteiger charge is 2.36. The van der Waals surface area contributed by atoms with Crippen LogP contribution in [0.5, 0.6) is 5.75 Å². The molecule has 0 aliphatic carbocycles. The molecule has 1 amide bonds. The first-order valence-corrected chi connectivity index (χ1v) is 14.5. The van der Waals surface area contributed by atoms with Crippen molar-refractivity contribution >= 4 is 22.8 Å². The molecule has 3 unspecified atom stereocenters. The lowest BCUT2D eigenvalue weighted by Gasteiger charge is -2.38. The number of ether oxygens (including phenoxy) is 2. The van der Waals surface area contributed by atoms with Crippen LogP contribution in [0.3, 0.4) is 0 Å². The molecule has 1 aliphatic rings. The average Bonchev–Trinajstić information content (AvgIpc) is 2.94. The fourth-order valence-electron chi connectivity index (χ4n) is 6.18. The minimum absolute atomic E-state index is 0.0907. The lowest BCUT2D eigenvalue weighted by atomic mass is 9.80. The van der Waals surface area contributed by atoms with Crippen LogP contribution in [0.4, 0.5) is 4.79 Å². The number of fused-ring (bicyclic) bond motifs is 2. The van der Waals surface area contributed by atoms with Gasteiger partial charge in [-0.2, -0.15) is 0 Å². The second-order valence-corrected chi connectivity index (χ2v) is 12.2. The van der Waals surface area contributed by atoms with Gasteiger partial charge in [0, 0.05) is 11.5 Å². The Morgan fingerprint density at radius 1 is 0.952 bits per heavy atom. The Balaban J connectivity index is 1.54. The lowest BCUT2D eigenvalue weighted by molar-refractivity contribution is 0.00568. The van der Waals surface area contributed by atoms with E-state index in [1.54, 1.807) is 4.90 Å². The number of carbonyl (C=O) groups is 2. The molecule has 4 aromatic rings. The van der Waals surface area contributed by atoms with Gasteiger partial charge in [0.1, 0.15) is 17.5 Å². The minimum atomic E-state index is -0.927. The van der Waals surface area contributed by atoms with Gasteiger partial charge in [-0.1, -0.05) is 72.8 Å². The molecule has 6 heteroatoms. The fourth-order valence-corrected chi connectivity index (χ4v) is 6.18. The van der Waals surface area contributed by atoms with Crippen molar-refractivity contribution in [3.8, 4) is 5.75 Å². The maximum Gasteiger partial charge on any atom is 0.410 e. The Labute approximate surface area is 247 Å². The summed E-state index contributed by atoms with van der Waals surface area (Å²) in [5, 5.41) is 12.1. The molecule has 218 valence electrons. The van der Waals surface area contributed by atoms with E-state index >= 15 is 0 Å². The van der Waals surface area contributed by atoms with E-state index < -0.39 is 17.7 Å². The van der Waals surface area contributed by atoms with Gasteiger partial charge >= 0.3 is 12.1 Å². The predicted octanol–water partition coefficient (Wildman–Crippen LogP) is 8.44. The third-order valence-corrected chi connectivity index (χ3v) is 8.16. The number of carboxylic acids is 1. The van der Waals surface area contributed by atoms with E-state index in [2.05, 4.69) is 24.3 Å². The van der Waals surface area contributed by atoms with Crippen molar-refractivity contribution in [1.29, 1.82) is 0 Å². The maximum absolute atomic E-state index is 13.8. The van der Waals surface area contributed by atoms with Crippen molar-refractivity contribution in [3.63, 3.8) is 0 Å². The Hall–Kier alpha value is -4.32. The van der Waals surface area contributed by atoms with Gasteiger partial charge in [0.15, 0.2) is 0 Å². The van der Waals surface area contributed by atoms with Crippen LogP contribution < -0.4 is 4.74 Å². The SMILES string of the molecule is Cc1ccc(C2CC(CN(C(=O)OC(C)(C)C)C(C)c3cccc4ccccc34)Oc3ccccc32)c(C)c1C(=O)O. The summed E-state index contributed by atoms with van der Waals surface area (Å²) in [5.41, 5.74) is 4.19. The Morgan fingerprint density at radius 2 is 1.64 bits per heavy atom. The van der Waals surface area contributed by atoms with E-state index in [1.165, 1.54) is 0 Å². The van der Waals surface area contributed by atoms with Gasteiger partial charge in [-0.05, 0) is 87.1 Å². The third kappa shape index (κ3) is 5.85. The zero-order chi connectivity index (χ0) is 30.2. The van der Waals surface area contributed by atoms with Crippen molar-refractivity contribution in [1.82, 2.24) is 4.90 Å². The van der Waals surface area contributed by atoms with Gasteiger partial charge in [-0.15, -0.1) is 0 Å². The highest BCUT2D eigenvalue weighted by Crippen LogP contribution is 2.43. The maximum atomic E-state index is 13.8. The first-order chi connectivity index (χ1) is 19.9. The summed E-state index contributed by atoms with van der Waals surface area (Å²) in [6.07, 6.45) is -0.160. The van der Waals surface area contributed by atoms with Crippen LogP contribution in [-0.2, 0) is 4.74 Å². The highest BCUT2D eigenvalue weighted by molar-refractivity contribution is 5.91. The van der Waals surface area contributed by atoms with Crippen molar-refractivity contribution in [2.45, 2.75) is 71.6 Å². The summed E-state index contributed by atoms with van der Waals surface area (Å²) >= 11 is 0. The third-order valence-electron chi connectivity index (χ3n) is 8.16. The van der Waals surface area contributed by atoms with Crippen molar-refractivity contribution in [3.05, 3.63) is 112 Å². The molecule has 1 aliphatic heterocycles. The normalized spacial score (nSPS) is 17.2. The molecule has 0 spiro atoms. The van der Waals surface area contributed by atoms with Crippen molar-refractivity contribution in [2.75, 3.05) is 6.54 Å². The van der Waals surface area contributed by atoms with Gasteiger partial charge in [0.2, 0.25) is 0 Å². The van der Waals surface area contributed by atoms with Crippen LogP contribution in [0.15, 0.2) is 78.9 Å². The molecule has 0 aromatic heterocycles. The molecule has 1 heterocycles. The summed E-state index contributed by atoms with van der Waals surface area (Å²) in [6.45, 7) is 11.7. The highest BCUT2D eigenvalue weighted by atomic mass is 16.6. The molecule has 4 aromatic carbocycles. The number of benzene rings is 4. The van der Waals surface area contributed by atoms with Crippen LogP contribution >= 0.6 is 0 Å². The molecule has 6 nitrogen and oxygen atoms in total. The largest absolute Gasteiger partial charge is 0.488 e. The summed E-state index contributed by atoms with van der Waals surface area (Å²) in [7, 11) is 0. The van der Waals surface area contributed by atoms with Gasteiger partial charge in [-0.3, -0.25) is 4.90 Å². The second-order valence-electron chi connectivity index (χ2n) is 12.2. The van der Waals surface area contributed by atoms with Crippen LogP contribution in [0.1, 0.15) is 84.3 Å². The molecule has 42 heavy (non-hydrogen) atoms. The first kappa shape index (κ1) is 29.2. The molecule has 0 saturated heterocycles. The Kier molecular flexibility index (Phi) is 8.00. The standard InChI is InChI=1S/C36H39NO5/c1-22-18-19-27(23(2)33(22)34(38)39)31-20-26(41-32-17-10-9-15-30(31)32)21-37(35(40)42-36(4,5)6)24(3)28-16-11-13-25-12-7-8-14-29(25)28/h7-19,24,26,31H,20-21H2,1-6H3,(H,38,39). The summed E-state index contributed by atoms with van der Waals surface area (Å²) in [5.74, 6) is -0.270. The Bertz CT molecular complexity index is 1630. The van der Waals surface area contributed by atoms with E-state index in [4.69, 9.17) is 9.47 Å². The molecular formula is C36H39NO5. The number of carboxylic acid groups (broad SMARTS) is 1. The van der Waals surface area contributed by atoms with Crippen LogP contribution in [0.25, 0.3) is 10.8 Å². The number of aromatic carboxylic acids is 1. The number of hydrogen-bond donors (Lipinski definition) is 1. The van der Waals surface area contributed by atoms with Gasteiger partial charge in [0.05, 0.1) is 18.2 Å². The first-order valence-electron chi connectivity index (χ1n) is 14.5. The van der Waals surface area contributed by atoms with E-state index in [1.807, 2.05) is 96.1 Å². The van der Waals surface area contributed by atoms with E-state index in [0.29, 0.717) is 18.5 Å². The number of carbonyl (C=O) groups excluding carboxylic acids is 1. The number of amides is 1. The zero-order valence-electron chi connectivity index (χ0n) is 25.2. The quantitative estimate of drug-likeness (QED) is 0.254. The molecule has 1 N–H and O–H groups in total. The van der Waals surface area contributed by atoms with E-state index in [0.717, 1.165) is 44.3 Å². The summed E-state index contributed by atoms with van der Waals surface area (Å²) < 4.78 is 12.5. The molecule has 3 atom stereocenters. The Morgan fingerprint density at radius 3 is 2.38 bits per heavy atom. The van der Waals surface area contributed by atoms with Crippen LogP contribution in [0, 0.1) is 13.8 Å². The van der Waals surface area contributed by atoms with Gasteiger partial charge in [-0.25, -0.2) is 9.59 Å². The molecule has 0 saturated carbocycles. The average molecular weight is 566 g/mol. The van der Waals surface area contributed by atoms with Crippen molar-refractivity contribution in [2.24, 2.45) is 0 Å². The van der Waals surface area contributed by atoms with E-state index in [9.17, 15) is 14.7 Å². The monoisotopic (exact) mass is 565 g/mol. The summed E-state index contributed by atoms with van der Waals surface area (Å²) in [4.78, 5) is 27.7. The van der Waals surface area contributed by atoms with E-state index in [-0.39, 0.29) is 18.1 Å². The number of rotatable bonds is 6. The number of para-hydroxylation sites is 1. The zero-order valence-corrected chi connectivity index (χ0v) is 25.2. The molecule has 0 bridgehead atoms. The fraction of sp³-hybridized carbons (Fsp3) is 0.333. The van der Waals surface area contributed by atoms with Gasteiger partial charge in [0.25, 0.3) is 0 Å².